The summed E-state index contributed by atoms with van der Waals surface area (Å²) in [5, 5.41) is 8.02. The van der Waals surface area contributed by atoms with Crippen LogP contribution >= 0.6 is 0 Å². The normalized spacial score (nSPS) is 22.0. The minimum absolute atomic E-state index is 0.135. The SMILES string of the molecule is COc1cccc(N2C(=O)c3cc(C(C)(C)C)nn3CC2(C)C(=O)NC2CCCCCC2)c1. The minimum atomic E-state index is -1.12. The van der Waals surface area contributed by atoms with Crippen molar-refractivity contribution in [1.82, 2.24) is 15.1 Å². The third-order valence-corrected chi connectivity index (χ3v) is 6.91. The molecule has 0 bridgehead atoms. The molecule has 1 unspecified atom stereocenters. The first-order chi connectivity index (χ1) is 15.6. The van der Waals surface area contributed by atoms with Gasteiger partial charge in [0.1, 0.15) is 17.0 Å². The van der Waals surface area contributed by atoms with Crippen molar-refractivity contribution in [3.8, 4) is 5.75 Å². The Morgan fingerprint density at radius 3 is 2.48 bits per heavy atom. The van der Waals surface area contributed by atoms with E-state index in [0.29, 0.717) is 23.7 Å². The second kappa shape index (κ2) is 8.84. The number of nitrogens with zero attached hydrogens (tertiary/aromatic N) is 3. The predicted molar refractivity (Wildman–Crippen MR) is 129 cm³/mol. The zero-order valence-corrected chi connectivity index (χ0v) is 20.5. The molecular formula is C26H36N4O3. The van der Waals surface area contributed by atoms with Crippen molar-refractivity contribution in [2.45, 2.75) is 89.8 Å². The molecule has 2 amide bonds. The van der Waals surface area contributed by atoms with Crippen LogP contribution < -0.4 is 15.0 Å². The fraction of sp³-hybridized carbons (Fsp3) is 0.577. The highest BCUT2D eigenvalue weighted by Crippen LogP contribution is 2.36. The summed E-state index contributed by atoms with van der Waals surface area (Å²) in [6, 6.07) is 9.35. The first kappa shape index (κ1) is 23.3. The van der Waals surface area contributed by atoms with E-state index < -0.39 is 5.54 Å². The molecule has 2 aliphatic rings. The van der Waals surface area contributed by atoms with Gasteiger partial charge in [0.25, 0.3) is 5.91 Å². The van der Waals surface area contributed by atoms with Gasteiger partial charge in [0, 0.05) is 23.2 Å². The highest BCUT2D eigenvalue weighted by Gasteiger charge is 2.49. The number of fused-ring (bicyclic) bond motifs is 1. The van der Waals surface area contributed by atoms with Crippen molar-refractivity contribution in [1.29, 1.82) is 0 Å². The number of hydrogen-bond acceptors (Lipinski definition) is 4. The van der Waals surface area contributed by atoms with E-state index in [1.807, 2.05) is 37.3 Å². The summed E-state index contributed by atoms with van der Waals surface area (Å²) in [5.41, 5.74) is 0.656. The maximum Gasteiger partial charge on any atom is 0.277 e. The van der Waals surface area contributed by atoms with E-state index in [1.54, 1.807) is 16.7 Å². The molecule has 178 valence electrons. The first-order valence-corrected chi connectivity index (χ1v) is 12.0. The molecule has 2 heterocycles. The van der Waals surface area contributed by atoms with E-state index in [4.69, 9.17) is 9.84 Å². The maximum atomic E-state index is 13.9. The van der Waals surface area contributed by atoms with E-state index in [0.717, 1.165) is 31.4 Å². The van der Waals surface area contributed by atoms with Crippen LogP contribution in [0.4, 0.5) is 5.69 Å². The Hall–Kier alpha value is -2.83. The van der Waals surface area contributed by atoms with E-state index in [9.17, 15) is 9.59 Å². The number of ether oxygens (including phenoxy) is 1. The van der Waals surface area contributed by atoms with E-state index >= 15 is 0 Å². The van der Waals surface area contributed by atoms with Gasteiger partial charge < -0.3 is 10.1 Å². The third-order valence-electron chi connectivity index (χ3n) is 6.91. The number of carbonyl (C=O) groups excluding carboxylic acids is 2. The molecule has 7 heteroatoms. The number of rotatable bonds is 4. The zero-order valence-electron chi connectivity index (χ0n) is 20.5. The summed E-state index contributed by atoms with van der Waals surface area (Å²) in [6.45, 7) is 8.36. The monoisotopic (exact) mass is 452 g/mol. The molecule has 1 N–H and O–H groups in total. The number of methoxy groups -OCH3 is 1. The van der Waals surface area contributed by atoms with E-state index in [2.05, 4.69) is 26.1 Å². The van der Waals surface area contributed by atoms with Gasteiger partial charge in [-0.3, -0.25) is 19.2 Å². The summed E-state index contributed by atoms with van der Waals surface area (Å²) in [4.78, 5) is 29.3. The van der Waals surface area contributed by atoms with Gasteiger partial charge in [0.15, 0.2) is 0 Å². The summed E-state index contributed by atoms with van der Waals surface area (Å²) in [5.74, 6) is 0.279. The Morgan fingerprint density at radius 2 is 1.85 bits per heavy atom. The van der Waals surface area contributed by atoms with Crippen molar-refractivity contribution in [2.75, 3.05) is 12.0 Å². The van der Waals surface area contributed by atoms with Crippen LogP contribution in [0.25, 0.3) is 0 Å². The minimum Gasteiger partial charge on any atom is -0.497 e. The quantitative estimate of drug-likeness (QED) is 0.696. The third kappa shape index (κ3) is 4.50. The molecule has 1 aromatic heterocycles. The summed E-state index contributed by atoms with van der Waals surface area (Å²) >= 11 is 0. The highest BCUT2D eigenvalue weighted by molar-refractivity contribution is 6.12. The molecule has 1 aliphatic heterocycles. The number of benzene rings is 1. The van der Waals surface area contributed by atoms with Crippen LogP contribution in [0.1, 0.15) is 82.4 Å². The van der Waals surface area contributed by atoms with Crippen LogP contribution in [-0.2, 0) is 16.8 Å². The van der Waals surface area contributed by atoms with Crippen molar-refractivity contribution in [2.24, 2.45) is 0 Å². The van der Waals surface area contributed by atoms with Crippen LogP contribution in [0.2, 0.25) is 0 Å². The Labute approximate surface area is 196 Å². The number of carbonyl (C=O) groups is 2. The smallest absolute Gasteiger partial charge is 0.277 e. The van der Waals surface area contributed by atoms with Crippen molar-refractivity contribution >= 4 is 17.5 Å². The number of hydrogen-bond donors (Lipinski definition) is 1. The van der Waals surface area contributed by atoms with E-state index in [-0.39, 0.29) is 23.3 Å². The van der Waals surface area contributed by atoms with Crippen LogP contribution in [0.3, 0.4) is 0 Å². The van der Waals surface area contributed by atoms with Gasteiger partial charge in [-0.25, -0.2) is 0 Å². The molecule has 0 radical (unpaired) electrons. The molecule has 4 rings (SSSR count). The predicted octanol–water partition coefficient (Wildman–Crippen LogP) is 4.45. The lowest BCUT2D eigenvalue weighted by Crippen LogP contribution is -2.65. The standard InChI is InChI=1S/C26H36N4O3/c1-25(2,3)22-16-21-23(31)30(19-13-10-14-20(15-19)33-5)26(4,17-29(21)28-22)24(32)27-18-11-8-6-7-9-12-18/h10,13-16,18H,6-9,11-12,17H2,1-5H3,(H,27,32). The van der Waals surface area contributed by atoms with Gasteiger partial charge in [-0.15, -0.1) is 0 Å². The van der Waals surface area contributed by atoms with Crippen LogP contribution in [0.5, 0.6) is 5.75 Å². The van der Waals surface area contributed by atoms with Gasteiger partial charge in [-0.2, -0.15) is 5.10 Å². The first-order valence-electron chi connectivity index (χ1n) is 12.0. The molecule has 7 nitrogen and oxygen atoms in total. The Morgan fingerprint density at radius 1 is 1.15 bits per heavy atom. The fourth-order valence-electron chi connectivity index (χ4n) is 4.87. The van der Waals surface area contributed by atoms with Gasteiger partial charge in [0.2, 0.25) is 5.91 Å². The van der Waals surface area contributed by atoms with Gasteiger partial charge in [-0.05, 0) is 38.0 Å². The fourth-order valence-corrected chi connectivity index (χ4v) is 4.87. The molecule has 33 heavy (non-hydrogen) atoms. The Kier molecular flexibility index (Phi) is 6.25. The lowest BCUT2D eigenvalue weighted by atomic mass is 9.91. The van der Waals surface area contributed by atoms with Crippen molar-refractivity contribution in [3.63, 3.8) is 0 Å². The average Bonchev–Trinajstić information content (AvgIpc) is 3.04. The van der Waals surface area contributed by atoms with Crippen molar-refractivity contribution < 1.29 is 14.3 Å². The number of amides is 2. The molecule has 2 aromatic rings. The van der Waals surface area contributed by atoms with Gasteiger partial charge in [0.05, 0.1) is 19.3 Å². The van der Waals surface area contributed by atoms with Crippen LogP contribution in [-0.4, -0.2) is 40.3 Å². The zero-order chi connectivity index (χ0) is 23.8. The summed E-state index contributed by atoms with van der Waals surface area (Å²) < 4.78 is 7.12. The Balaban J connectivity index is 1.76. The number of nitrogens with one attached hydrogen (secondary N) is 1. The molecule has 0 saturated heterocycles. The highest BCUT2D eigenvalue weighted by atomic mass is 16.5. The number of anilines is 1. The Bertz CT molecular complexity index is 1030. The second-order valence-electron chi connectivity index (χ2n) is 10.6. The topological polar surface area (TPSA) is 76.5 Å². The van der Waals surface area contributed by atoms with E-state index in [1.165, 1.54) is 12.8 Å². The summed E-state index contributed by atoms with van der Waals surface area (Å²) in [6.07, 6.45) is 6.64. The second-order valence-corrected chi connectivity index (χ2v) is 10.6. The summed E-state index contributed by atoms with van der Waals surface area (Å²) in [7, 11) is 1.60. The maximum absolute atomic E-state index is 13.9. The van der Waals surface area contributed by atoms with Crippen LogP contribution in [0.15, 0.2) is 30.3 Å². The van der Waals surface area contributed by atoms with Crippen LogP contribution in [0, 0.1) is 0 Å². The number of aromatic nitrogens is 2. The van der Waals surface area contributed by atoms with Gasteiger partial charge in [-0.1, -0.05) is 52.5 Å². The van der Waals surface area contributed by atoms with Crippen molar-refractivity contribution in [3.05, 3.63) is 41.7 Å². The lowest BCUT2D eigenvalue weighted by molar-refractivity contribution is -0.127. The molecule has 1 aromatic carbocycles. The van der Waals surface area contributed by atoms with Gasteiger partial charge >= 0.3 is 0 Å². The molecular weight excluding hydrogens is 416 g/mol. The lowest BCUT2D eigenvalue weighted by Gasteiger charge is -2.43. The molecule has 1 atom stereocenters. The molecule has 0 spiro atoms. The largest absolute Gasteiger partial charge is 0.497 e. The molecule has 1 aliphatic carbocycles. The molecule has 1 saturated carbocycles. The average molecular weight is 453 g/mol. The molecule has 1 fully saturated rings.